The molecule has 30 heavy (non-hydrogen) atoms. The molecule has 9 atom stereocenters. The number of nitrogens with zero attached hydrogens (tertiary/aromatic N) is 2. The van der Waals surface area contributed by atoms with E-state index in [9.17, 15) is 0 Å². The Labute approximate surface area is 185 Å². The van der Waals surface area contributed by atoms with Crippen molar-refractivity contribution in [3.63, 3.8) is 0 Å². The molecule has 3 unspecified atom stereocenters. The Bertz CT molecular complexity index is 614. The lowest BCUT2D eigenvalue weighted by molar-refractivity contribution is -0.0754. The maximum absolute atomic E-state index is 6.13. The number of hydrogen-bond acceptors (Lipinski definition) is 3. The number of amidine groups is 1. The van der Waals surface area contributed by atoms with E-state index in [4.69, 9.17) is 11.6 Å². The van der Waals surface area contributed by atoms with Crippen LogP contribution in [0.2, 0.25) is 0 Å². The first-order valence-electron chi connectivity index (χ1n) is 13.2. The van der Waals surface area contributed by atoms with Crippen molar-refractivity contribution in [2.24, 2.45) is 69.4 Å². The van der Waals surface area contributed by atoms with E-state index in [2.05, 4.69) is 25.9 Å². The third kappa shape index (κ3) is 4.14. The highest BCUT2D eigenvalue weighted by Crippen LogP contribution is 2.65. The van der Waals surface area contributed by atoms with Crippen LogP contribution in [0.3, 0.4) is 0 Å². The highest BCUT2D eigenvalue weighted by Gasteiger charge is 2.57. The van der Waals surface area contributed by atoms with Gasteiger partial charge in [0.1, 0.15) is 5.84 Å². The average Bonchev–Trinajstić information content (AvgIpc) is 3.04. The summed E-state index contributed by atoms with van der Waals surface area (Å²) in [5, 5.41) is 5.84. The van der Waals surface area contributed by atoms with Crippen LogP contribution in [0.1, 0.15) is 98.3 Å². The van der Waals surface area contributed by atoms with Crippen LogP contribution >= 0.6 is 0 Å². The lowest BCUT2D eigenvalue weighted by Crippen LogP contribution is -2.49. The number of hydrogen-bond donors (Lipinski definition) is 2. The second kappa shape index (κ2) is 9.00. The molecule has 4 N–H and O–H groups in total. The first kappa shape index (κ1) is 22.4. The van der Waals surface area contributed by atoms with Crippen LogP contribution in [-0.4, -0.2) is 17.5 Å². The lowest BCUT2D eigenvalue weighted by Gasteiger charge is -2.57. The molecule has 4 aliphatic rings. The molecule has 4 rings (SSSR count). The zero-order valence-electron chi connectivity index (χ0n) is 20.2. The number of hydrazone groups is 1. The Hall–Kier alpha value is -0.770. The molecule has 0 saturated heterocycles. The van der Waals surface area contributed by atoms with Crippen LogP contribution in [0.15, 0.2) is 5.10 Å². The molecule has 4 heteroatoms. The van der Waals surface area contributed by atoms with Gasteiger partial charge in [-0.1, -0.05) is 40.0 Å². The smallest absolute Gasteiger partial charge is 0.118 e. The van der Waals surface area contributed by atoms with Gasteiger partial charge in [0.05, 0.1) is 6.54 Å². The molecular weight excluding hydrogens is 368 g/mol. The molecule has 4 fully saturated rings. The second-order valence-corrected chi connectivity index (χ2v) is 12.0. The van der Waals surface area contributed by atoms with Crippen LogP contribution in [0.4, 0.5) is 0 Å². The maximum Gasteiger partial charge on any atom is 0.118 e. The minimum atomic E-state index is 0.509. The summed E-state index contributed by atoms with van der Waals surface area (Å²) in [5.74, 6) is 14.2. The van der Waals surface area contributed by atoms with Crippen molar-refractivity contribution in [2.45, 2.75) is 98.3 Å². The Morgan fingerprint density at radius 1 is 1.07 bits per heavy atom. The van der Waals surface area contributed by atoms with Crippen molar-refractivity contribution in [1.29, 1.82) is 0 Å². The number of rotatable bonds is 6. The Kier molecular flexibility index (Phi) is 6.73. The molecule has 4 nitrogen and oxygen atoms in total. The summed E-state index contributed by atoms with van der Waals surface area (Å²) in [4.78, 5) is 0. The lowest BCUT2D eigenvalue weighted by atomic mass is 9.48. The van der Waals surface area contributed by atoms with Gasteiger partial charge in [-0.15, -0.1) is 5.10 Å². The molecule has 0 heterocycles. The summed E-state index contributed by atoms with van der Waals surface area (Å²) < 4.78 is 0. The Balaban J connectivity index is 1.42. The maximum atomic E-state index is 6.13. The zero-order valence-corrected chi connectivity index (χ0v) is 20.2. The fourth-order valence-electron chi connectivity index (χ4n) is 9.26. The van der Waals surface area contributed by atoms with Crippen LogP contribution in [0.25, 0.3) is 0 Å². The quantitative estimate of drug-likeness (QED) is 0.250. The summed E-state index contributed by atoms with van der Waals surface area (Å²) in [5.41, 5.74) is 6.24. The van der Waals surface area contributed by atoms with E-state index in [0.29, 0.717) is 17.2 Å². The first-order chi connectivity index (χ1) is 14.3. The van der Waals surface area contributed by atoms with Gasteiger partial charge < -0.3 is 5.73 Å². The van der Waals surface area contributed by atoms with Gasteiger partial charge >= 0.3 is 0 Å². The molecule has 0 aromatic carbocycles. The van der Waals surface area contributed by atoms with Crippen molar-refractivity contribution >= 4 is 5.84 Å². The van der Waals surface area contributed by atoms with Gasteiger partial charge in [-0.25, -0.2) is 11.0 Å². The van der Waals surface area contributed by atoms with Crippen molar-refractivity contribution < 1.29 is 0 Å². The molecule has 4 saturated carbocycles. The normalized spacial score (nSPS) is 44.7. The monoisotopic (exact) mass is 416 g/mol. The van der Waals surface area contributed by atoms with E-state index in [1.807, 2.05) is 6.92 Å². The largest absolute Gasteiger partial charge is 0.386 e. The van der Waals surface area contributed by atoms with Crippen LogP contribution in [0, 0.1) is 52.8 Å². The molecule has 0 spiro atoms. The summed E-state index contributed by atoms with van der Waals surface area (Å²) in [6.07, 6.45) is 16.3. The molecule has 0 aromatic rings. The van der Waals surface area contributed by atoms with Crippen LogP contribution in [-0.2, 0) is 0 Å². The molecule has 0 amide bonds. The number of nitrogens with two attached hydrogens (primary N) is 2. The molecule has 0 aliphatic heterocycles. The standard InChI is InChI=1S/C26H48N4/c1-5-6-19-7-9-21-20(15-19)8-10-23-22(21)13-14-26(4)24(11-12-25(23)26)17(2)16-30(28)29-18(3)27/h17,19-25H,5-16,28H2,1-4H3,(H2,27,29)/t17-,19-,20+,21-,22?,23+,24?,25?,26+/m0/s1. The summed E-state index contributed by atoms with van der Waals surface area (Å²) in [6, 6.07) is 0. The molecular formula is C26H48N4. The van der Waals surface area contributed by atoms with Gasteiger partial charge in [-0.2, -0.15) is 0 Å². The minimum Gasteiger partial charge on any atom is -0.386 e. The van der Waals surface area contributed by atoms with Crippen LogP contribution < -0.4 is 11.6 Å². The highest BCUT2D eigenvalue weighted by atomic mass is 15.6. The summed E-state index contributed by atoms with van der Waals surface area (Å²) >= 11 is 0. The Morgan fingerprint density at radius 3 is 2.57 bits per heavy atom. The topological polar surface area (TPSA) is 67.6 Å². The first-order valence-corrected chi connectivity index (χ1v) is 13.2. The average molecular weight is 417 g/mol. The SMILES string of the molecule is CCC[C@H]1CC[C@@H]2C3CC[C@@]4(C)C(CCC4[C@@H](C)CN(N)/N=C(/C)N)[C@@H]3CC[C@@H]2C1. The molecule has 4 aliphatic carbocycles. The third-order valence-electron chi connectivity index (χ3n) is 10.3. The van der Waals surface area contributed by atoms with Gasteiger partial charge in [0, 0.05) is 0 Å². The van der Waals surface area contributed by atoms with Crippen molar-refractivity contribution in [1.82, 2.24) is 5.12 Å². The predicted octanol–water partition coefficient (Wildman–Crippen LogP) is 5.78. The number of fused-ring (bicyclic) bond motifs is 5. The van der Waals surface area contributed by atoms with E-state index in [1.54, 1.807) is 18.0 Å². The van der Waals surface area contributed by atoms with Gasteiger partial charge in [0.15, 0.2) is 0 Å². The predicted molar refractivity (Wildman–Crippen MR) is 126 cm³/mol. The van der Waals surface area contributed by atoms with E-state index in [-0.39, 0.29) is 0 Å². The third-order valence-corrected chi connectivity index (χ3v) is 10.3. The van der Waals surface area contributed by atoms with E-state index in [1.165, 1.54) is 57.8 Å². The summed E-state index contributed by atoms with van der Waals surface area (Å²) in [7, 11) is 0. The van der Waals surface area contributed by atoms with Gasteiger partial charge in [0.25, 0.3) is 0 Å². The molecule has 0 radical (unpaired) electrons. The minimum absolute atomic E-state index is 0.509. The van der Waals surface area contributed by atoms with Crippen LogP contribution in [0.5, 0.6) is 0 Å². The molecule has 172 valence electrons. The van der Waals surface area contributed by atoms with E-state index < -0.39 is 0 Å². The van der Waals surface area contributed by atoms with Crippen molar-refractivity contribution in [3.8, 4) is 0 Å². The molecule has 0 aromatic heterocycles. The fourth-order valence-corrected chi connectivity index (χ4v) is 9.26. The van der Waals surface area contributed by atoms with E-state index >= 15 is 0 Å². The van der Waals surface area contributed by atoms with E-state index in [0.717, 1.165) is 48.0 Å². The second-order valence-electron chi connectivity index (χ2n) is 12.0. The van der Waals surface area contributed by atoms with Gasteiger partial charge in [-0.05, 0) is 111 Å². The fraction of sp³-hybridized carbons (Fsp3) is 0.962. The summed E-state index contributed by atoms with van der Waals surface area (Å²) in [6.45, 7) is 10.0. The van der Waals surface area contributed by atoms with Gasteiger partial charge in [0.2, 0.25) is 0 Å². The molecule has 0 bridgehead atoms. The highest BCUT2D eigenvalue weighted by molar-refractivity contribution is 5.77. The van der Waals surface area contributed by atoms with Crippen molar-refractivity contribution in [3.05, 3.63) is 0 Å². The zero-order chi connectivity index (χ0) is 21.5. The Morgan fingerprint density at radius 2 is 1.83 bits per heavy atom. The van der Waals surface area contributed by atoms with Gasteiger partial charge in [-0.3, -0.25) is 0 Å². The number of hydrazine groups is 1. The van der Waals surface area contributed by atoms with Crippen molar-refractivity contribution in [2.75, 3.05) is 6.54 Å².